The highest BCUT2D eigenvalue weighted by molar-refractivity contribution is 6.25. The van der Waals surface area contributed by atoms with Crippen LogP contribution in [-0.4, -0.2) is 58.3 Å². The third-order valence-electron chi connectivity index (χ3n) is 6.26. The molecule has 30 heavy (non-hydrogen) atoms. The highest BCUT2D eigenvalue weighted by Gasteiger charge is 2.21. The van der Waals surface area contributed by atoms with Gasteiger partial charge in [-0.05, 0) is 62.7 Å². The summed E-state index contributed by atoms with van der Waals surface area (Å²) in [5.74, 6) is 0.151. The van der Waals surface area contributed by atoms with E-state index in [9.17, 15) is 4.79 Å². The first-order valence-electron chi connectivity index (χ1n) is 10.7. The van der Waals surface area contributed by atoms with Crippen molar-refractivity contribution in [1.29, 1.82) is 0 Å². The van der Waals surface area contributed by atoms with E-state index < -0.39 is 0 Å². The zero-order valence-electron chi connectivity index (χ0n) is 17.6. The topological polar surface area (TPSA) is 53.7 Å². The van der Waals surface area contributed by atoms with Crippen LogP contribution in [0, 0.1) is 6.92 Å². The van der Waals surface area contributed by atoms with Gasteiger partial charge in [0.2, 0.25) is 0 Å². The van der Waals surface area contributed by atoms with E-state index in [4.69, 9.17) is 4.98 Å². The van der Waals surface area contributed by atoms with Crippen LogP contribution in [0.2, 0.25) is 0 Å². The Morgan fingerprint density at radius 2 is 1.97 bits per heavy atom. The number of fused-ring (bicyclic) bond motifs is 2. The maximum absolute atomic E-state index is 13.0. The number of carbonyl (C=O) groups excluding carboxylic acids is 1. The number of ketones is 1. The zero-order valence-corrected chi connectivity index (χ0v) is 17.6. The highest BCUT2D eigenvalue weighted by Crippen LogP contribution is 2.30. The molecule has 0 amide bonds. The number of aryl methyl sites for hydroxylation is 2. The summed E-state index contributed by atoms with van der Waals surface area (Å²) in [5, 5.41) is 0. The molecule has 6 nitrogen and oxygen atoms in total. The van der Waals surface area contributed by atoms with Crippen LogP contribution in [0.5, 0.6) is 0 Å². The average Bonchev–Trinajstić information content (AvgIpc) is 2.96. The lowest BCUT2D eigenvalue weighted by Crippen LogP contribution is -2.28. The summed E-state index contributed by atoms with van der Waals surface area (Å²) in [6.07, 6.45) is 10.0. The largest absolute Gasteiger partial charge is 0.370 e. The summed E-state index contributed by atoms with van der Waals surface area (Å²) >= 11 is 0. The molecule has 1 aromatic carbocycles. The summed E-state index contributed by atoms with van der Waals surface area (Å²) < 4.78 is 1.94. The molecule has 0 radical (unpaired) electrons. The van der Waals surface area contributed by atoms with Gasteiger partial charge in [0.25, 0.3) is 0 Å². The zero-order chi connectivity index (χ0) is 20.7. The second-order valence-corrected chi connectivity index (χ2v) is 8.38. The average molecular weight is 402 g/mol. The molecule has 2 aromatic heterocycles. The SMILES string of the molecule is Cc1nccn2cc(C3=Cc4ccc(N5CCCN(C)CC5)cc4CCC3=O)nc12. The third-order valence-corrected chi connectivity index (χ3v) is 6.26. The molecular weight excluding hydrogens is 374 g/mol. The van der Waals surface area contributed by atoms with Gasteiger partial charge in [-0.15, -0.1) is 0 Å². The molecule has 5 rings (SSSR count). The Balaban J connectivity index is 1.50. The molecular formula is C24H27N5O. The summed E-state index contributed by atoms with van der Waals surface area (Å²) in [5.41, 5.74) is 6.71. The highest BCUT2D eigenvalue weighted by atomic mass is 16.1. The van der Waals surface area contributed by atoms with Gasteiger partial charge in [0, 0.05) is 55.9 Å². The maximum Gasteiger partial charge on any atom is 0.165 e. The van der Waals surface area contributed by atoms with E-state index in [0.717, 1.165) is 55.2 Å². The number of hydrogen-bond acceptors (Lipinski definition) is 5. The molecule has 0 bridgehead atoms. The number of hydrogen-bond donors (Lipinski definition) is 0. The van der Waals surface area contributed by atoms with Crippen molar-refractivity contribution in [3.63, 3.8) is 0 Å². The van der Waals surface area contributed by atoms with E-state index >= 15 is 0 Å². The maximum atomic E-state index is 13.0. The summed E-state index contributed by atoms with van der Waals surface area (Å²) in [7, 11) is 2.19. The van der Waals surface area contributed by atoms with Gasteiger partial charge in [-0.2, -0.15) is 0 Å². The van der Waals surface area contributed by atoms with E-state index in [0.29, 0.717) is 12.0 Å². The Kier molecular flexibility index (Phi) is 4.87. The molecule has 2 aliphatic rings. The van der Waals surface area contributed by atoms with Gasteiger partial charge in [0.05, 0.1) is 11.4 Å². The number of benzene rings is 1. The monoisotopic (exact) mass is 401 g/mol. The standard InChI is InChI=1S/C24H27N5O/c1-17-24-26-22(16-29(24)11-8-25-17)21-15-19-4-6-20(14-18(19)5-7-23(21)30)28-10-3-9-27(2)12-13-28/h4,6,8,11,14-16H,3,5,7,9-10,12-13H2,1-2H3. The van der Waals surface area contributed by atoms with E-state index in [1.165, 1.54) is 17.7 Å². The molecule has 0 saturated carbocycles. The Morgan fingerprint density at radius 1 is 1.07 bits per heavy atom. The molecule has 0 atom stereocenters. The lowest BCUT2D eigenvalue weighted by atomic mass is 10.0. The van der Waals surface area contributed by atoms with E-state index in [2.05, 4.69) is 40.0 Å². The van der Waals surface area contributed by atoms with Crippen molar-refractivity contribution in [3.05, 3.63) is 59.3 Å². The molecule has 0 spiro atoms. The van der Waals surface area contributed by atoms with Gasteiger partial charge in [0.15, 0.2) is 11.4 Å². The quantitative estimate of drug-likeness (QED) is 0.660. The van der Waals surface area contributed by atoms with Crippen LogP contribution in [0.1, 0.15) is 35.4 Å². The van der Waals surface area contributed by atoms with Crippen LogP contribution in [0.4, 0.5) is 5.69 Å². The normalized spacial score (nSPS) is 18.1. The smallest absolute Gasteiger partial charge is 0.165 e. The molecule has 154 valence electrons. The first-order chi connectivity index (χ1) is 14.6. The Hall–Kier alpha value is -2.99. The first kappa shape index (κ1) is 19.0. The fourth-order valence-corrected chi connectivity index (χ4v) is 4.47. The lowest BCUT2D eigenvalue weighted by Gasteiger charge is -2.24. The van der Waals surface area contributed by atoms with Gasteiger partial charge in [-0.1, -0.05) is 6.07 Å². The van der Waals surface area contributed by atoms with Crippen molar-refractivity contribution in [2.24, 2.45) is 0 Å². The minimum atomic E-state index is 0.151. The molecule has 1 fully saturated rings. The minimum absolute atomic E-state index is 0.151. The first-order valence-corrected chi connectivity index (χ1v) is 10.7. The fraction of sp³-hybridized carbons (Fsp3) is 0.375. The summed E-state index contributed by atoms with van der Waals surface area (Å²) in [6.45, 7) is 6.30. The fourth-order valence-electron chi connectivity index (χ4n) is 4.47. The van der Waals surface area contributed by atoms with Crippen LogP contribution in [0.25, 0.3) is 17.3 Å². The van der Waals surface area contributed by atoms with Crippen LogP contribution in [0.15, 0.2) is 36.8 Å². The number of allylic oxidation sites excluding steroid dienone is 1. The number of rotatable bonds is 2. The minimum Gasteiger partial charge on any atom is -0.370 e. The van der Waals surface area contributed by atoms with Crippen molar-refractivity contribution in [2.45, 2.75) is 26.2 Å². The third kappa shape index (κ3) is 3.52. The number of carbonyl (C=O) groups is 1. The molecule has 1 saturated heterocycles. The van der Waals surface area contributed by atoms with Crippen molar-refractivity contribution in [2.75, 3.05) is 38.1 Å². The number of imidazole rings is 1. The van der Waals surface area contributed by atoms with Crippen molar-refractivity contribution in [1.82, 2.24) is 19.3 Å². The molecule has 6 heteroatoms. The summed E-state index contributed by atoms with van der Waals surface area (Å²) in [4.78, 5) is 26.8. The van der Waals surface area contributed by atoms with E-state index in [-0.39, 0.29) is 5.78 Å². The molecule has 1 aliphatic carbocycles. The predicted octanol–water partition coefficient (Wildman–Crippen LogP) is 3.24. The number of nitrogens with zero attached hydrogens (tertiary/aromatic N) is 5. The van der Waals surface area contributed by atoms with Crippen molar-refractivity contribution in [3.8, 4) is 0 Å². The lowest BCUT2D eigenvalue weighted by molar-refractivity contribution is -0.113. The Labute approximate surface area is 176 Å². The number of Topliss-reactive ketones (excluding diaryl/α,β-unsaturated/α-hetero) is 1. The van der Waals surface area contributed by atoms with Gasteiger partial charge < -0.3 is 14.2 Å². The van der Waals surface area contributed by atoms with Crippen LogP contribution in [-0.2, 0) is 11.2 Å². The van der Waals surface area contributed by atoms with Crippen LogP contribution < -0.4 is 4.90 Å². The molecule has 0 N–H and O–H groups in total. The number of aromatic nitrogens is 3. The van der Waals surface area contributed by atoms with Crippen molar-refractivity contribution >= 4 is 28.8 Å². The summed E-state index contributed by atoms with van der Waals surface area (Å²) in [6, 6.07) is 6.65. The van der Waals surface area contributed by atoms with Gasteiger partial charge in [0.1, 0.15) is 0 Å². The van der Waals surface area contributed by atoms with Crippen LogP contribution in [0.3, 0.4) is 0 Å². The van der Waals surface area contributed by atoms with Gasteiger partial charge in [-0.3, -0.25) is 9.78 Å². The van der Waals surface area contributed by atoms with E-state index in [1.807, 2.05) is 29.8 Å². The second-order valence-electron chi connectivity index (χ2n) is 8.38. The van der Waals surface area contributed by atoms with Gasteiger partial charge >= 0.3 is 0 Å². The molecule has 1 aliphatic heterocycles. The molecule has 3 heterocycles. The second kappa shape index (κ2) is 7.69. The van der Waals surface area contributed by atoms with Gasteiger partial charge in [-0.25, -0.2) is 4.98 Å². The van der Waals surface area contributed by atoms with E-state index in [1.54, 1.807) is 6.20 Å². The van der Waals surface area contributed by atoms with Crippen LogP contribution >= 0.6 is 0 Å². The predicted molar refractivity (Wildman–Crippen MR) is 120 cm³/mol. The molecule has 3 aromatic rings. The Morgan fingerprint density at radius 3 is 2.83 bits per heavy atom. The van der Waals surface area contributed by atoms with Crippen molar-refractivity contribution < 1.29 is 4.79 Å². The number of anilines is 1. The Bertz CT molecular complexity index is 1150. The molecule has 0 unspecified atom stereocenters. The number of likely N-dealkylation sites (N-methyl/N-ethyl adjacent to an activating group) is 1.